The van der Waals surface area contributed by atoms with Crippen molar-refractivity contribution in [2.75, 3.05) is 24.0 Å². The summed E-state index contributed by atoms with van der Waals surface area (Å²) in [5.41, 5.74) is 0. The molecule has 0 aliphatic rings. The lowest BCUT2D eigenvalue weighted by Gasteiger charge is -1.81. The van der Waals surface area contributed by atoms with Gasteiger partial charge in [-0.2, -0.15) is 0 Å². The second kappa shape index (κ2) is 5.53. The van der Waals surface area contributed by atoms with Crippen LogP contribution in [0.1, 0.15) is 13.8 Å². The van der Waals surface area contributed by atoms with E-state index in [2.05, 4.69) is 0 Å². The fourth-order valence-electron chi connectivity index (χ4n) is 0. The van der Waals surface area contributed by atoms with Gasteiger partial charge in [0.25, 0.3) is 0 Å². The van der Waals surface area contributed by atoms with E-state index in [1.54, 1.807) is 13.8 Å². The van der Waals surface area contributed by atoms with Crippen molar-refractivity contribution in [2.24, 2.45) is 0 Å². The summed E-state index contributed by atoms with van der Waals surface area (Å²) in [6.07, 6.45) is 2.43. The lowest BCUT2D eigenvalue weighted by molar-refractivity contribution is 0.601. The monoisotopic (exact) mass is 216 g/mol. The van der Waals surface area contributed by atoms with Gasteiger partial charge >= 0.3 is 0 Å². The summed E-state index contributed by atoms with van der Waals surface area (Å²) in [5, 5.41) is 0. The van der Waals surface area contributed by atoms with Crippen molar-refractivity contribution in [1.29, 1.82) is 0 Å². The summed E-state index contributed by atoms with van der Waals surface area (Å²) < 4.78 is 40.0. The maximum absolute atomic E-state index is 10.0. The molecule has 12 heavy (non-hydrogen) atoms. The van der Waals surface area contributed by atoms with Crippen LogP contribution in [0.25, 0.3) is 0 Å². The van der Waals surface area contributed by atoms with Crippen molar-refractivity contribution in [3.8, 4) is 0 Å². The van der Waals surface area contributed by atoms with Gasteiger partial charge in [0, 0.05) is 24.0 Å². The highest BCUT2D eigenvalue weighted by Crippen LogP contribution is 1.75. The summed E-state index contributed by atoms with van der Waals surface area (Å²) >= 11 is 0. The van der Waals surface area contributed by atoms with Crippen LogP contribution < -0.4 is 0 Å². The van der Waals surface area contributed by atoms with Gasteiger partial charge in [0.1, 0.15) is 19.7 Å². The average molecular weight is 216 g/mol. The molecule has 0 rings (SSSR count). The Hall–Kier alpha value is -0.100. The molecule has 0 atom stereocenters. The molecule has 76 valence electrons. The van der Waals surface area contributed by atoms with Gasteiger partial charge < -0.3 is 0 Å². The summed E-state index contributed by atoms with van der Waals surface area (Å²) in [6, 6.07) is 0. The minimum Gasteiger partial charge on any atom is -0.229 e. The van der Waals surface area contributed by atoms with Gasteiger partial charge in [0.2, 0.25) is 0 Å². The Balaban J connectivity index is 0. The predicted molar refractivity (Wildman–Crippen MR) is 50.8 cm³/mol. The third-order valence-corrected chi connectivity index (χ3v) is 3.15. The summed E-state index contributed by atoms with van der Waals surface area (Å²) in [4.78, 5) is 0. The van der Waals surface area contributed by atoms with Crippen LogP contribution in [0.15, 0.2) is 0 Å². The number of hydrogen-bond acceptors (Lipinski definition) is 4. The van der Waals surface area contributed by atoms with Crippen molar-refractivity contribution in [2.45, 2.75) is 13.8 Å². The zero-order valence-corrected chi connectivity index (χ0v) is 9.50. The molecule has 0 spiro atoms. The number of hydrogen-bond donors (Lipinski definition) is 0. The highest BCUT2D eigenvalue weighted by atomic mass is 32.2. The molecule has 0 aliphatic heterocycles. The zero-order chi connectivity index (χ0) is 10.4. The van der Waals surface area contributed by atoms with Crippen molar-refractivity contribution >= 4 is 19.7 Å². The molecule has 0 saturated carbocycles. The Morgan fingerprint density at radius 2 is 0.833 bits per heavy atom. The first-order valence-corrected chi connectivity index (χ1v) is 7.60. The Bertz CT molecular complexity index is 254. The van der Waals surface area contributed by atoms with Crippen molar-refractivity contribution in [3.05, 3.63) is 0 Å². The van der Waals surface area contributed by atoms with E-state index >= 15 is 0 Å². The second-order valence-electron chi connectivity index (χ2n) is 2.43. The fraction of sp³-hybridized carbons (Fsp3) is 1.00. The SMILES string of the molecule is CCS(C)(=O)=O.CCS(C)(=O)=O. The standard InChI is InChI=1S/2C3H8O2S/c2*1-3-6(2,4)5/h2*3H2,1-2H3. The van der Waals surface area contributed by atoms with Crippen LogP contribution >= 0.6 is 0 Å². The Morgan fingerprint density at radius 1 is 0.750 bits per heavy atom. The molecule has 6 heteroatoms. The molecular weight excluding hydrogens is 200 g/mol. The van der Waals surface area contributed by atoms with Gasteiger partial charge in [-0.25, -0.2) is 16.8 Å². The van der Waals surface area contributed by atoms with Crippen LogP contribution in [0, 0.1) is 0 Å². The molecule has 0 fully saturated rings. The molecule has 0 N–H and O–H groups in total. The first kappa shape index (κ1) is 14.4. The van der Waals surface area contributed by atoms with E-state index in [-0.39, 0.29) is 11.5 Å². The predicted octanol–water partition coefficient (Wildman–Crippen LogP) is 0.102. The van der Waals surface area contributed by atoms with Gasteiger partial charge in [-0.3, -0.25) is 0 Å². The van der Waals surface area contributed by atoms with Gasteiger partial charge in [0.15, 0.2) is 0 Å². The summed E-state index contributed by atoms with van der Waals surface area (Å²) in [7, 11) is -5.32. The molecular formula is C6H16O4S2. The average Bonchev–Trinajstić information content (AvgIpc) is 1.86. The number of sulfone groups is 2. The molecule has 4 nitrogen and oxygen atoms in total. The zero-order valence-electron chi connectivity index (χ0n) is 7.86. The molecule has 0 unspecified atom stereocenters. The molecule has 0 saturated heterocycles. The first-order valence-electron chi connectivity index (χ1n) is 3.47. The third-order valence-electron chi connectivity index (χ3n) is 1.05. The maximum atomic E-state index is 10.0. The quantitative estimate of drug-likeness (QED) is 0.656. The first-order chi connectivity index (χ1) is 5.12. The molecule has 0 aromatic heterocycles. The van der Waals surface area contributed by atoms with E-state index in [9.17, 15) is 16.8 Å². The van der Waals surface area contributed by atoms with Crippen LogP contribution in [0.3, 0.4) is 0 Å². The molecule has 0 amide bonds. The van der Waals surface area contributed by atoms with E-state index in [1.807, 2.05) is 0 Å². The van der Waals surface area contributed by atoms with Gasteiger partial charge in [-0.1, -0.05) is 13.8 Å². The third kappa shape index (κ3) is 22.5. The van der Waals surface area contributed by atoms with Crippen LogP contribution in [-0.2, 0) is 19.7 Å². The van der Waals surface area contributed by atoms with Crippen molar-refractivity contribution in [3.63, 3.8) is 0 Å². The van der Waals surface area contributed by atoms with Gasteiger partial charge in [-0.15, -0.1) is 0 Å². The minimum atomic E-state index is -2.66. The van der Waals surface area contributed by atoms with E-state index in [0.29, 0.717) is 0 Å². The van der Waals surface area contributed by atoms with E-state index in [4.69, 9.17) is 0 Å². The molecule has 0 heterocycles. The summed E-state index contributed by atoms with van der Waals surface area (Å²) in [5.74, 6) is 0.486. The van der Waals surface area contributed by atoms with Crippen molar-refractivity contribution < 1.29 is 16.8 Å². The minimum absolute atomic E-state index is 0.243. The molecule has 0 bridgehead atoms. The topological polar surface area (TPSA) is 68.3 Å². The van der Waals surface area contributed by atoms with Gasteiger partial charge in [-0.05, 0) is 0 Å². The lowest BCUT2D eigenvalue weighted by atomic mass is 11.0. The lowest BCUT2D eigenvalue weighted by Crippen LogP contribution is -1.96. The van der Waals surface area contributed by atoms with Crippen LogP contribution in [0.2, 0.25) is 0 Å². The van der Waals surface area contributed by atoms with Crippen LogP contribution in [0.4, 0.5) is 0 Å². The van der Waals surface area contributed by atoms with E-state index < -0.39 is 19.7 Å². The maximum Gasteiger partial charge on any atom is 0.147 e. The van der Waals surface area contributed by atoms with Crippen LogP contribution in [0.5, 0.6) is 0 Å². The Labute approximate surface area is 74.8 Å². The van der Waals surface area contributed by atoms with E-state index in [0.717, 1.165) is 0 Å². The van der Waals surface area contributed by atoms with Crippen LogP contribution in [-0.4, -0.2) is 40.9 Å². The fourth-order valence-corrected chi connectivity index (χ4v) is 0. The molecule has 0 aromatic carbocycles. The molecule has 0 radical (unpaired) electrons. The normalized spacial score (nSPS) is 11.7. The Kier molecular flexibility index (Phi) is 6.65. The number of rotatable bonds is 2. The van der Waals surface area contributed by atoms with Crippen molar-refractivity contribution in [1.82, 2.24) is 0 Å². The van der Waals surface area contributed by atoms with E-state index in [1.165, 1.54) is 12.5 Å². The molecule has 0 aliphatic carbocycles. The van der Waals surface area contributed by atoms with Gasteiger partial charge in [0.05, 0.1) is 0 Å². The summed E-state index contributed by atoms with van der Waals surface area (Å²) in [6.45, 7) is 3.24. The second-order valence-corrected chi connectivity index (χ2v) is 7.29. The largest absolute Gasteiger partial charge is 0.229 e. The highest BCUT2D eigenvalue weighted by Gasteiger charge is 1.91. The highest BCUT2D eigenvalue weighted by molar-refractivity contribution is 7.90. The smallest absolute Gasteiger partial charge is 0.147 e. The molecule has 0 aromatic rings. The Morgan fingerprint density at radius 3 is 0.833 bits per heavy atom.